The second kappa shape index (κ2) is 3.64. The lowest BCUT2D eigenvalue weighted by atomic mass is 10.6. The summed E-state index contributed by atoms with van der Waals surface area (Å²) in [5, 5.41) is 0. The normalized spacial score (nSPS) is 19.2. The van der Waals surface area contributed by atoms with Gasteiger partial charge in [-0.05, 0) is 0 Å². The number of hydrogen-bond acceptors (Lipinski definition) is 2. The molecule has 1 fully saturated rings. The van der Waals surface area contributed by atoms with Crippen LogP contribution in [0.3, 0.4) is 0 Å². The van der Waals surface area contributed by atoms with Crippen LogP contribution in [0.15, 0.2) is 0 Å². The van der Waals surface area contributed by atoms with E-state index in [1.807, 2.05) is 0 Å². The summed E-state index contributed by atoms with van der Waals surface area (Å²) in [6.45, 7) is 1.99. The van der Waals surface area contributed by atoms with Crippen molar-refractivity contribution >= 4 is 39.9 Å². The molecule has 0 spiro atoms. The summed E-state index contributed by atoms with van der Waals surface area (Å²) in [7, 11) is 0. The third-order valence-electron chi connectivity index (χ3n) is 1.20. The van der Waals surface area contributed by atoms with Crippen LogP contribution < -0.4 is 0 Å². The van der Waals surface area contributed by atoms with E-state index in [9.17, 15) is 0 Å². The molecule has 1 rings (SSSR count). The van der Waals surface area contributed by atoms with Crippen LogP contribution in [0.1, 0.15) is 0 Å². The lowest BCUT2D eigenvalue weighted by Crippen LogP contribution is -2.24. The zero-order valence-electron chi connectivity index (χ0n) is 4.97. The number of halogens is 1. The fraction of sp³-hybridized carbons (Fsp3) is 0.800. The Morgan fingerprint density at radius 2 is 2.56 bits per heavy atom. The third-order valence-corrected chi connectivity index (χ3v) is 2.87. The van der Waals surface area contributed by atoms with Gasteiger partial charge in [-0.25, -0.2) is 0 Å². The number of hydrogen-bond donors (Lipinski definition) is 0. The van der Waals surface area contributed by atoms with Gasteiger partial charge in [0.05, 0.1) is 0 Å². The van der Waals surface area contributed by atoms with E-state index >= 15 is 0 Å². The molecule has 0 amide bonds. The van der Waals surface area contributed by atoms with Gasteiger partial charge in [0.25, 0.3) is 0 Å². The molecule has 0 radical (unpaired) electrons. The van der Waals surface area contributed by atoms with Gasteiger partial charge in [0.2, 0.25) is 0 Å². The van der Waals surface area contributed by atoms with E-state index in [0.29, 0.717) is 5.88 Å². The molecule has 0 aromatic carbocycles. The van der Waals surface area contributed by atoms with Gasteiger partial charge < -0.3 is 4.90 Å². The van der Waals surface area contributed by atoms with E-state index < -0.39 is 0 Å². The minimum atomic E-state index is 0.681. The van der Waals surface area contributed by atoms with Gasteiger partial charge >= 0.3 is 0 Å². The zero-order chi connectivity index (χ0) is 6.69. The Morgan fingerprint density at radius 1 is 1.78 bits per heavy atom. The van der Waals surface area contributed by atoms with E-state index in [1.54, 1.807) is 11.8 Å². The molecule has 1 nitrogen and oxygen atoms in total. The molecule has 9 heavy (non-hydrogen) atoms. The number of alkyl halides is 1. The molecule has 1 aliphatic rings. The van der Waals surface area contributed by atoms with Crippen molar-refractivity contribution < 1.29 is 0 Å². The first-order chi connectivity index (χ1) is 4.34. The van der Waals surface area contributed by atoms with Gasteiger partial charge in [0.1, 0.15) is 4.32 Å². The van der Waals surface area contributed by atoms with Gasteiger partial charge in [0, 0.05) is 24.7 Å². The van der Waals surface area contributed by atoms with Gasteiger partial charge in [-0.1, -0.05) is 24.0 Å². The van der Waals surface area contributed by atoms with Crippen molar-refractivity contribution in [3.05, 3.63) is 0 Å². The lowest BCUT2D eigenvalue weighted by Gasteiger charge is -2.13. The van der Waals surface area contributed by atoms with Crippen molar-refractivity contribution in [1.29, 1.82) is 0 Å². The summed E-state index contributed by atoms with van der Waals surface area (Å²) < 4.78 is 1.01. The highest BCUT2D eigenvalue weighted by Crippen LogP contribution is 2.16. The second-order valence-electron chi connectivity index (χ2n) is 1.79. The minimum absolute atomic E-state index is 0.681. The Morgan fingerprint density at radius 3 is 3.00 bits per heavy atom. The van der Waals surface area contributed by atoms with E-state index in [-0.39, 0.29) is 0 Å². The third kappa shape index (κ3) is 1.99. The number of nitrogens with zero attached hydrogens (tertiary/aromatic N) is 1. The van der Waals surface area contributed by atoms with Crippen molar-refractivity contribution in [2.75, 3.05) is 24.7 Å². The molecule has 0 N–H and O–H groups in total. The standard InChI is InChI=1S/C5H8ClNS2/c6-1-2-7-3-4-9-5(7)8/h1-4H2. The molecule has 0 bridgehead atoms. The Kier molecular flexibility index (Phi) is 3.09. The quantitative estimate of drug-likeness (QED) is 0.470. The highest BCUT2D eigenvalue weighted by molar-refractivity contribution is 8.23. The van der Waals surface area contributed by atoms with Crippen LogP contribution in [0, 0.1) is 0 Å². The van der Waals surface area contributed by atoms with Crippen molar-refractivity contribution in [3.8, 4) is 0 Å². The van der Waals surface area contributed by atoms with Crippen LogP contribution in [0.25, 0.3) is 0 Å². The Labute approximate surface area is 69.7 Å². The second-order valence-corrected chi connectivity index (χ2v) is 3.90. The Hall–Kier alpha value is 0.530. The van der Waals surface area contributed by atoms with Crippen LogP contribution in [0.2, 0.25) is 0 Å². The average molecular weight is 182 g/mol. The number of thioether (sulfide) groups is 1. The van der Waals surface area contributed by atoms with Crippen LogP contribution in [0.4, 0.5) is 0 Å². The summed E-state index contributed by atoms with van der Waals surface area (Å²) in [4.78, 5) is 2.15. The maximum absolute atomic E-state index is 5.54. The molecule has 1 aliphatic heterocycles. The monoisotopic (exact) mass is 181 g/mol. The molecule has 0 unspecified atom stereocenters. The molecule has 0 atom stereocenters. The van der Waals surface area contributed by atoms with Gasteiger partial charge in [-0.3, -0.25) is 0 Å². The number of rotatable bonds is 2. The predicted octanol–water partition coefficient (Wildman–Crippen LogP) is 1.56. The van der Waals surface area contributed by atoms with Crippen LogP contribution >= 0.6 is 35.6 Å². The summed E-state index contributed by atoms with van der Waals surface area (Å²) in [5.41, 5.74) is 0. The van der Waals surface area contributed by atoms with E-state index in [0.717, 1.165) is 23.2 Å². The molecular formula is C5H8ClNS2. The van der Waals surface area contributed by atoms with E-state index in [2.05, 4.69) is 4.90 Å². The fourth-order valence-electron chi connectivity index (χ4n) is 0.731. The number of thiocarbonyl (C=S) groups is 1. The highest BCUT2D eigenvalue weighted by Gasteiger charge is 2.15. The first-order valence-corrected chi connectivity index (χ1v) is 4.75. The molecule has 1 saturated heterocycles. The largest absolute Gasteiger partial charge is 0.355 e. The molecular weight excluding hydrogens is 174 g/mol. The molecule has 0 aromatic heterocycles. The molecule has 0 aliphatic carbocycles. The molecule has 4 heteroatoms. The minimum Gasteiger partial charge on any atom is -0.355 e. The maximum atomic E-state index is 5.54. The van der Waals surface area contributed by atoms with Crippen LogP contribution in [-0.4, -0.2) is 33.9 Å². The molecule has 0 saturated carbocycles. The van der Waals surface area contributed by atoms with Gasteiger partial charge in [0.15, 0.2) is 0 Å². The smallest absolute Gasteiger partial charge is 0.136 e. The summed E-state index contributed by atoms with van der Waals surface area (Å²) >= 11 is 12.3. The Balaban J connectivity index is 2.31. The SMILES string of the molecule is S=C1SCCN1CCCl. The van der Waals surface area contributed by atoms with Crippen molar-refractivity contribution in [2.24, 2.45) is 0 Å². The van der Waals surface area contributed by atoms with Gasteiger partial charge in [-0.2, -0.15) is 0 Å². The highest BCUT2D eigenvalue weighted by atomic mass is 35.5. The van der Waals surface area contributed by atoms with Gasteiger partial charge in [-0.15, -0.1) is 11.6 Å². The van der Waals surface area contributed by atoms with Crippen molar-refractivity contribution in [2.45, 2.75) is 0 Å². The summed E-state index contributed by atoms with van der Waals surface area (Å²) in [5.74, 6) is 1.82. The molecule has 0 aromatic rings. The first-order valence-electron chi connectivity index (χ1n) is 2.82. The topological polar surface area (TPSA) is 3.24 Å². The lowest BCUT2D eigenvalue weighted by molar-refractivity contribution is 0.498. The maximum Gasteiger partial charge on any atom is 0.136 e. The van der Waals surface area contributed by atoms with E-state index in [4.69, 9.17) is 23.8 Å². The molecule has 1 heterocycles. The predicted molar refractivity (Wildman–Crippen MR) is 47.3 cm³/mol. The average Bonchev–Trinajstić information content (AvgIpc) is 2.18. The first kappa shape index (κ1) is 7.63. The summed E-state index contributed by atoms with van der Waals surface area (Å²) in [6, 6.07) is 0. The fourth-order valence-corrected chi connectivity index (χ4v) is 2.22. The molecule has 52 valence electrons. The van der Waals surface area contributed by atoms with E-state index in [1.165, 1.54) is 0 Å². The van der Waals surface area contributed by atoms with Crippen molar-refractivity contribution in [1.82, 2.24) is 4.90 Å². The zero-order valence-corrected chi connectivity index (χ0v) is 7.36. The van der Waals surface area contributed by atoms with Crippen molar-refractivity contribution in [3.63, 3.8) is 0 Å². The van der Waals surface area contributed by atoms with Crippen LogP contribution in [0.5, 0.6) is 0 Å². The summed E-state index contributed by atoms with van der Waals surface area (Å²) in [6.07, 6.45) is 0. The Bertz CT molecular complexity index is 118. The van der Waals surface area contributed by atoms with Crippen LogP contribution in [-0.2, 0) is 0 Å².